The Morgan fingerprint density at radius 1 is 1.15 bits per heavy atom. The van der Waals surface area contributed by atoms with Crippen LogP contribution in [-0.2, 0) is 21.6 Å². The number of fused-ring (bicyclic) bond motifs is 2. The molecule has 0 amide bonds. The number of esters is 1. The van der Waals surface area contributed by atoms with Crippen LogP contribution in [0.25, 0.3) is 0 Å². The first kappa shape index (κ1) is 16.2. The monoisotopic (exact) mass is 361 g/mol. The number of carbonyl (C=O) groups excluding carboxylic acids is 1. The van der Waals surface area contributed by atoms with Crippen molar-refractivity contribution in [2.24, 2.45) is 0 Å². The fourth-order valence-electron chi connectivity index (χ4n) is 3.75. The summed E-state index contributed by atoms with van der Waals surface area (Å²) in [5, 5.41) is 8.73. The topological polar surface area (TPSA) is 69.5 Å². The van der Waals surface area contributed by atoms with Crippen LogP contribution >= 0.6 is 0 Å². The Kier molecular flexibility index (Phi) is 3.79. The summed E-state index contributed by atoms with van der Waals surface area (Å²) in [6.07, 6.45) is 1.09. The molecule has 5 rings (SSSR count). The SMILES string of the molecule is O=C(O[C@@H]1CC[C@@]2(CO2)c2c1nnn2Cc1ccccc1)c1ccccc1. The van der Waals surface area contributed by atoms with Crippen LogP contribution < -0.4 is 0 Å². The van der Waals surface area contributed by atoms with Crippen LogP contribution in [-0.4, -0.2) is 27.6 Å². The van der Waals surface area contributed by atoms with E-state index in [9.17, 15) is 4.79 Å². The zero-order valence-electron chi connectivity index (χ0n) is 14.7. The molecule has 3 aromatic rings. The van der Waals surface area contributed by atoms with Crippen molar-refractivity contribution in [3.63, 3.8) is 0 Å². The van der Waals surface area contributed by atoms with Crippen molar-refractivity contribution in [1.29, 1.82) is 0 Å². The van der Waals surface area contributed by atoms with Gasteiger partial charge in [-0.3, -0.25) is 0 Å². The summed E-state index contributed by atoms with van der Waals surface area (Å²) in [4.78, 5) is 12.5. The normalized spacial score (nSPS) is 23.0. The number of rotatable bonds is 4. The third-order valence-corrected chi connectivity index (χ3v) is 5.23. The molecule has 136 valence electrons. The number of hydrogen-bond donors (Lipinski definition) is 0. The quantitative estimate of drug-likeness (QED) is 0.527. The molecule has 0 saturated carbocycles. The fourth-order valence-corrected chi connectivity index (χ4v) is 3.75. The molecule has 2 aromatic carbocycles. The zero-order valence-corrected chi connectivity index (χ0v) is 14.7. The van der Waals surface area contributed by atoms with Crippen LogP contribution in [0.3, 0.4) is 0 Å². The van der Waals surface area contributed by atoms with Gasteiger partial charge in [-0.25, -0.2) is 9.48 Å². The van der Waals surface area contributed by atoms with Gasteiger partial charge in [0.2, 0.25) is 0 Å². The molecule has 1 aliphatic heterocycles. The van der Waals surface area contributed by atoms with Gasteiger partial charge in [0.15, 0.2) is 0 Å². The second kappa shape index (κ2) is 6.32. The summed E-state index contributed by atoms with van der Waals surface area (Å²) < 4.78 is 13.5. The van der Waals surface area contributed by atoms with Crippen molar-refractivity contribution in [2.45, 2.75) is 31.1 Å². The molecule has 6 nitrogen and oxygen atoms in total. The summed E-state index contributed by atoms with van der Waals surface area (Å²) in [5.41, 5.74) is 3.04. The molecule has 0 unspecified atom stereocenters. The van der Waals surface area contributed by atoms with Crippen molar-refractivity contribution in [3.05, 3.63) is 83.2 Å². The molecule has 2 aliphatic rings. The Morgan fingerprint density at radius 3 is 2.56 bits per heavy atom. The van der Waals surface area contributed by atoms with Crippen LogP contribution in [0.5, 0.6) is 0 Å². The fraction of sp³-hybridized carbons (Fsp3) is 0.286. The number of hydrogen-bond acceptors (Lipinski definition) is 5. The lowest BCUT2D eigenvalue weighted by Crippen LogP contribution is -2.27. The molecule has 1 fully saturated rings. The van der Waals surface area contributed by atoms with Crippen molar-refractivity contribution in [2.75, 3.05) is 6.61 Å². The lowest BCUT2D eigenvalue weighted by molar-refractivity contribution is 0.0202. The Bertz CT molecular complexity index is 965. The first-order valence-electron chi connectivity index (χ1n) is 9.13. The highest BCUT2D eigenvalue weighted by atomic mass is 16.6. The van der Waals surface area contributed by atoms with Gasteiger partial charge in [0, 0.05) is 0 Å². The van der Waals surface area contributed by atoms with E-state index >= 15 is 0 Å². The van der Waals surface area contributed by atoms with E-state index in [1.165, 1.54) is 0 Å². The van der Waals surface area contributed by atoms with Crippen molar-refractivity contribution in [1.82, 2.24) is 15.0 Å². The van der Waals surface area contributed by atoms with Crippen molar-refractivity contribution < 1.29 is 14.3 Å². The standard InChI is InChI=1S/C21H19N3O3/c25-20(16-9-5-2-6-10-16)27-17-11-12-21(14-26-21)19-18(17)22-23-24(19)13-15-7-3-1-4-8-15/h1-10,17H,11-14H2/t17-,21-/m1/s1. The van der Waals surface area contributed by atoms with Crippen molar-refractivity contribution in [3.8, 4) is 0 Å². The van der Waals surface area contributed by atoms with Gasteiger partial charge >= 0.3 is 5.97 Å². The number of epoxide rings is 1. The highest BCUT2D eigenvalue weighted by molar-refractivity contribution is 5.89. The van der Waals surface area contributed by atoms with Gasteiger partial charge in [0.05, 0.1) is 18.7 Å². The molecule has 0 radical (unpaired) electrons. The second-order valence-corrected chi connectivity index (χ2v) is 7.05. The van der Waals surface area contributed by atoms with Gasteiger partial charge < -0.3 is 9.47 Å². The Hall–Kier alpha value is -2.99. The molecule has 1 aromatic heterocycles. The minimum Gasteiger partial charge on any atom is -0.452 e. The molecule has 2 heterocycles. The van der Waals surface area contributed by atoms with E-state index in [0.717, 1.165) is 23.4 Å². The van der Waals surface area contributed by atoms with E-state index in [0.29, 0.717) is 25.1 Å². The van der Waals surface area contributed by atoms with Gasteiger partial charge in [0.1, 0.15) is 23.1 Å². The molecule has 6 heteroatoms. The second-order valence-electron chi connectivity index (χ2n) is 7.05. The predicted octanol–water partition coefficient (Wildman–Crippen LogP) is 3.24. The molecule has 0 bridgehead atoms. The average molecular weight is 361 g/mol. The molecule has 0 N–H and O–H groups in total. The number of carbonyl (C=O) groups is 1. The number of ether oxygens (including phenoxy) is 2. The van der Waals surface area contributed by atoms with Crippen molar-refractivity contribution >= 4 is 5.97 Å². The Balaban J connectivity index is 1.44. The highest BCUT2D eigenvalue weighted by Crippen LogP contribution is 2.51. The number of aromatic nitrogens is 3. The van der Waals surface area contributed by atoms with Gasteiger partial charge in [-0.15, -0.1) is 5.10 Å². The molecular weight excluding hydrogens is 342 g/mol. The molecule has 1 saturated heterocycles. The predicted molar refractivity (Wildman–Crippen MR) is 97.0 cm³/mol. The van der Waals surface area contributed by atoms with Crippen LogP contribution in [0.15, 0.2) is 60.7 Å². The van der Waals surface area contributed by atoms with Crippen LogP contribution in [0.4, 0.5) is 0 Å². The zero-order chi connectivity index (χ0) is 18.3. The first-order valence-corrected chi connectivity index (χ1v) is 9.13. The number of benzene rings is 2. The first-order chi connectivity index (χ1) is 13.3. The molecule has 27 heavy (non-hydrogen) atoms. The van der Waals surface area contributed by atoms with E-state index in [2.05, 4.69) is 22.4 Å². The summed E-state index contributed by atoms with van der Waals surface area (Å²) in [7, 11) is 0. The third kappa shape index (κ3) is 2.92. The number of nitrogens with zero attached hydrogens (tertiary/aromatic N) is 3. The lowest BCUT2D eigenvalue weighted by Gasteiger charge is -2.26. The van der Waals surface area contributed by atoms with Crippen LogP contribution in [0, 0.1) is 0 Å². The van der Waals surface area contributed by atoms with Crippen LogP contribution in [0.1, 0.15) is 46.3 Å². The van der Waals surface area contributed by atoms with E-state index in [1.807, 2.05) is 41.1 Å². The van der Waals surface area contributed by atoms with Gasteiger partial charge in [-0.2, -0.15) is 0 Å². The highest BCUT2D eigenvalue weighted by Gasteiger charge is 2.55. The summed E-state index contributed by atoms with van der Waals surface area (Å²) in [5.74, 6) is -0.336. The minimum atomic E-state index is -0.396. The van der Waals surface area contributed by atoms with E-state index < -0.39 is 6.10 Å². The third-order valence-electron chi connectivity index (χ3n) is 5.23. The van der Waals surface area contributed by atoms with Gasteiger partial charge in [0.25, 0.3) is 0 Å². The Labute approximate surface area is 156 Å². The Morgan fingerprint density at radius 2 is 1.85 bits per heavy atom. The minimum absolute atomic E-state index is 0.316. The average Bonchev–Trinajstić information content (AvgIpc) is 3.36. The van der Waals surface area contributed by atoms with Gasteiger partial charge in [-0.05, 0) is 30.5 Å². The molecule has 1 spiro atoms. The largest absolute Gasteiger partial charge is 0.452 e. The summed E-state index contributed by atoms with van der Waals surface area (Å²) in [6.45, 7) is 1.29. The summed E-state index contributed by atoms with van der Waals surface area (Å²) in [6, 6.07) is 19.2. The lowest BCUT2D eigenvalue weighted by atomic mass is 9.88. The maximum absolute atomic E-state index is 12.5. The van der Waals surface area contributed by atoms with Crippen LogP contribution in [0.2, 0.25) is 0 Å². The summed E-state index contributed by atoms with van der Waals surface area (Å²) >= 11 is 0. The van der Waals surface area contributed by atoms with E-state index in [1.54, 1.807) is 12.1 Å². The molecular formula is C21H19N3O3. The van der Waals surface area contributed by atoms with Gasteiger partial charge in [-0.1, -0.05) is 53.7 Å². The van der Waals surface area contributed by atoms with E-state index in [-0.39, 0.29) is 11.6 Å². The molecule has 2 atom stereocenters. The smallest absolute Gasteiger partial charge is 0.338 e. The maximum atomic E-state index is 12.5. The molecule has 1 aliphatic carbocycles. The van der Waals surface area contributed by atoms with E-state index in [4.69, 9.17) is 9.47 Å². The maximum Gasteiger partial charge on any atom is 0.338 e.